The van der Waals surface area contributed by atoms with Gasteiger partial charge in [-0.1, -0.05) is 29.8 Å². The summed E-state index contributed by atoms with van der Waals surface area (Å²) < 4.78 is 2.04. The number of nitrogens with zero attached hydrogens (tertiary/aromatic N) is 2. The largest absolute Gasteiger partial charge is 0.328 e. The van der Waals surface area contributed by atoms with Crippen molar-refractivity contribution in [2.45, 2.75) is 19.4 Å². The van der Waals surface area contributed by atoms with Crippen molar-refractivity contribution in [3.05, 3.63) is 59.4 Å². The van der Waals surface area contributed by atoms with Crippen LogP contribution in [-0.2, 0) is 6.42 Å². The van der Waals surface area contributed by atoms with E-state index in [4.69, 9.17) is 17.3 Å². The van der Waals surface area contributed by atoms with Crippen molar-refractivity contribution in [1.29, 1.82) is 0 Å². The normalized spacial score (nSPS) is 12.8. The fourth-order valence-corrected chi connectivity index (χ4v) is 2.62. The zero-order valence-corrected chi connectivity index (χ0v) is 12.0. The van der Waals surface area contributed by atoms with Crippen LogP contribution in [0.25, 0.3) is 16.7 Å². The topological polar surface area (TPSA) is 43.8 Å². The Morgan fingerprint density at radius 3 is 2.80 bits per heavy atom. The van der Waals surface area contributed by atoms with E-state index >= 15 is 0 Å². The standard InChI is InChI=1S/C16H16ClN3/c1-11(18)8-12-6-7-13(9-14(12)17)20-10-19-15-4-2-3-5-16(15)20/h2-7,9-11H,8,18H2,1H3. The molecule has 0 aliphatic carbocycles. The van der Waals surface area contributed by atoms with Gasteiger partial charge in [-0.15, -0.1) is 0 Å². The molecule has 1 atom stereocenters. The highest BCUT2D eigenvalue weighted by molar-refractivity contribution is 6.31. The van der Waals surface area contributed by atoms with Crippen molar-refractivity contribution >= 4 is 22.6 Å². The third kappa shape index (κ3) is 2.42. The molecule has 2 N–H and O–H groups in total. The van der Waals surface area contributed by atoms with E-state index in [2.05, 4.69) is 11.1 Å². The van der Waals surface area contributed by atoms with Crippen LogP contribution >= 0.6 is 11.6 Å². The minimum absolute atomic E-state index is 0.104. The molecule has 102 valence electrons. The summed E-state index contributed by atoms with van der Waals surface area (Å²) in [5.74, 6) is 0. The molecule has 0 amide bonds. The monoisotopic (exact) mass is 285 g/mol. The maximum atomic E-state index is 6.35. The second kappa shape index (κ2) is 5.27. The molecule has 0 bridgehead atoms. The first-order valence-corrected chi connectivity index (χ1v) is 6.99. The Morgan fingerprint density at radius 1 is 1.25 bits per heavy atom. The van der Waals surface area contributed by atoms with Gasteiger partial charge in [-0.2, -0.15) is 0 Å². The molecule has 4 heteroatoms. The van der Waals surface area contributed by atoms with Crippen LogP contribution in [-0.4, -0.2) is 15.6 Å². The van der Waals surface area contributed by atoms with Gasteiger partial charge in [0.05, 0.1) is 11.0 Å². The number of para-hydroxylation sites is 2. The Balaban J connectivity index is 2.04. The summed E-state index contributed by atoms with van der Waals surface area (Å²) in [5.41, 5.74) is 9.96. The highest BCUT2D eigenvalue weighted by Crippen LogP contribution is 2.24. The molecule has 3 nitrogen and oxygen atoms in total. The van der Waals surface area contributed by atoms with Crippen LogP contribution in [0.2, 0.25) is 5.02 Å². The first-order valence-electron chi connectivity index (χ1n) is 6.61. The van der Waals surface area contributed by atoms with Crippen molar-refractivity contribution in [3.63, 3.8) is 0 Å². The fraction of sp³-hybridized carbons (Fsp3) is 0.188. The average Bonchev–Trinajstić information content (AvgIpc) is 2.84. The number of benzene rings is 2. The summed E-state index contributed by atoms with van der Waals surface area (Å²) in [5, 5.41) is 0.748. The Morgan fingerprint density at radius 2 is 2.05 bits per heavy atom. The van der Waals surface area contributed by atoms with Crippen molar-refractivity contribution in [3.8, 4) is 5.69 Å². The van der Waals surface area contributed by atoms with Gasteiger partial charge in [-0.25, -0.2) is 4.98 Å². The summed E-state index contributed by atoms with van der Waals surface area (Å²) in [6.45, 7) is 1.98. The fourth-order valence-electron chi connectivity index (χ4n) is 2.36. The Hall–Kier alpha value is -1.84. The SMILES string of the molecule is CC(N)Cc1ccc(-n2cnc3ccccc32)cc1Cl. The zero-order valence-electron chi connectivity index (χ0n) is 11.3. The lowest BCUT2D eigenvalue weighted by atomic mass is 10.1. The van der Waals surface area contributed by atoms with Crippen molar-refractivity contribution < 1.29 is 0 Å². The molecule has 0 spiro atoms. The molecule has 0 fully saturated rings. The second-order valence-corrected chi connectivity index (χ2v) is 5.47. The van der Waals surface area contributed by atoms with Crippen LogP contribution in [0, 0.1) is 0 Å². The summed E-state index contributed by atoms with van der Waals surface area (Å²) in [7, 11) is 0. The van der Waals surface area contributed by atoms with E-state index in [1.165, 1.54) is 0 Å². The lowest BCUT2D eigenvalue weighted by Gasteiger charge is -2.10. The minimum atomic E-state index is 0.104. The molecule has 3 rings (SSSR count). The number of nitrogens with two attached hydrogens (primary N) is 1. The number of imidazole rings is 1. The Bertz CT molecular complexity index is 746. The van der Waals surface area contributed by atoms with Gasteiger partial charge in [0, 0.05) is 16.8 Å². The van der Waals surface area contributed by atoms with Crippen LogP contribution in [0.5, 0.6) is 0 Å². The molecule has 3 aromatic rings. The molecule has 1 unspecified atom stereocenters. The van der Waals surface area contributed by atoms with Crippen molar-refractivity contribution in [1.82, 2.24) is 9.55 Å². The number of aromatic nitrogens is 2. The predicted molar refractivity (Wildman–Crippen MR) is 83.4 cm³/mol. The van der Waals surface area contributed by atoms with E-state index in [0.717, 1.165) is 33.7 Å². The first kappa shape index (κ1) is 13.2. The molecular formula is C16H16ClN3. The van der Waals surface area contributed by atoms with E-state index in [9.17, 15) is 0 Å². The quantitative estimate of drug-likeness (QED) is 0.799. The van der Waals surface area contributed by atoms with Gasteiger partial charge >= 0.3 is 0 Å². The number of fused-ring (bicyclic) bond motifs is 1. The summed E-state index contributed by atoms with van der Waals surface area (Å²) in [4.78, 5) is 4.40. The van der Waals surface area contributed by atoms with Gasteiger partial charge in [-0.05, 0) is 43.2 Å². The van der Waals surface area contributed by atoms with Gasteiger partial charge in [0.25, 0.3) is 0 Å². The summed E-state index contributed by atoms with van der Waals surface area (Å²) in [6.07, 6.45) is 2.60. The molecular weight excluding hydrogens is 270 g/mol. The Kier molecular flexibility index (Phi) is 3.47. The van der Waals surface area contributed by atoms with E-state index in [1.54, 1.807) is 0 Å². The molecule has 0 saturated carbocycles. The van der Waals surface area contributed by atoms with Gasteiger partial charge in [0.2, 0.25) is 0 Å². The molecule has 2 aromatic carbocycles. The minimum Gasteiger partial charge on any atom is -0.328 e. The van der Waals surface area contributed by atoms with E-state index in [0.29, 0.717) is 0 Å². The summed E-state index contributed by atoms with van der Waals surface area (Å²) >= 11 is 6.35. The number of hydrogen-bond donors (Lipinski definition) is 1. The highest BCUT2D eigenvalue weighted by Gasteiger charge is 2.08. The molecule has 1 aromatic heterocycles. The molecule has 0 aliphatic rings. The van der Waals surface area contributed by atoms with Crippen LogP contribution in [0.3, 0.4) is 0 Å². The van der Waals surface area contributed by atoms with Crippen LogP contribution in [0.15, 0.2) is 48.8 Å². The second-order valence-electron chi connectivity index (χ2n) is 5.06. The number of halogens is 1. The van der Waals surface area contributed by atoms with E-state index in [-0.39, 0.29) is 6.04 Å². The van der Waals surface area contributed by atoms with Crippen LogP contribution in [0.1, 0.15) is 12.5 Å². The summed E-state index contributed by atoms with van der Waals surface area (Å²) in [6, 6.07) is 14.2. The van der Waals surface area contributed by atoms with Crippen molar-refractivity contribution in [2.24, 2.45) is 5.73 Å². The number of hydrogen-bond acceptors (Lipinski definition) is 2. The van der Waals surface area contributed by atoms with E-state index < -0.39 is 0 Å². The third-order valence-electron chi connectivity index (χ3n) is 3.31. The molecule has 0 saturated heterocycles. The lowest BCUT2D eigenvalue weighted by molar-refractivity contribution is 0.738. The smallest absolute Gasteiger partial charge is 0.100 e. The first-order chi connectivity index (χ1) is 9.65. The maximum absolute atomic E-state index is 6.35. The Labute approximate surface area is 123 Å². The van der Waals surface area contributed by atoms with E-state index in [1.807, 2.05) is 54.2 Å². The van der Waals surface area contributed by atoms with Gasteiger partial charge < -0.3 is 5.73 Å². The number of rotatable bonds is 3. The lowest BCUT2D eigenvalue weighted by Crippen LogP contribution is -2.18. The van der Waals surface area contributed by atoms with Gasteiger partial charge in [0.15, 0.2) is 0 Å². The van der Waals surface area contributed by atoms with Gasteiger partial charge in [-0.3, -0.25) is 4.57 Å². The maximum Gasteiger partial charge on any atom is 0.100 e. The predicted octanol–water partition coefficient (Wildman–Crippen LogP) is 3.57. The van der Waals surface area contributed by atoms with Gasteiger partial charge in [0.1, 0.15) is 6.33 Å². The molecule has 20 heavy (non-hydrogen) atoms. The van der Waals surface area contributed by atoms with Crippen LogP contribution in [0.4, 0.5) is 0 Å². The average molecular weight is 286 g/mol. The highest BCUT2D eigenvalue weighted by atomic mass is 35.5. The van der Waals surface area contributed by atoms with Crippen molar-refractivity contribution in [2.75, 3.05) is 0 Å². The molecule has 1 heterocycles. The molecule has 0 aliphatic heterocycles. The third-order valence-corrected chi connectivity index (χ3v) is 3.66. The molecule has 0 radical (unpaired) electrons. The zero-order chi connectivity index (χ0) is 14.1. The van der Waals surface area contributed by atoms with Crippen LogP contribution < -0.4 is 5.73 Å².